The first-order valence-corrected chi connectivity index (χ1v) is 6.23. The Labute approximate surface area is 120 Å². The molecular weight excluding hydrogens is 299 g/mol. The highest BCUT2D eigenvalue weighted by atomic mass is 35.5. The van der Waals surface area contributed by atoms with Gasteiger partial charge in [0.1, 0.15) is 12.6 Å². The lowest BCUT2D eigenvalue weighted by atomic mass is 9.99. The van der Waals surface area contributed by atoms with Gasteiger partial charge in [0.15, 0.2) is 0 Å². The third-order valence-corrected chi connectivity index (χ3v) is 3.37. The van der Waals surface area contributed by atoms with Crippen LogP contribution >= 0.6 is 12.4 Å². The number of piperidine rings is 1. The van der Waals surface area contributed by atoms with E-state index in [9.17, 15) is 22.8 Å². The second-order valence-corrected chi connectivity index (χ2v) is 4.93. The summed E-state index contributed by atoms with van der Waals surface area (Å²) in [7, 11) is 0. The predicted octanol–water partition coefficient (Wildman–Crippen LogP) is 0.297. The van der Waals surface area contributed by atoms with Crippen molar-refractivity contribution in [2.45, 2.75) is 25.1 Å². The fourth-order valence-corrected chi connectivity index (χ4v) is 2.21. The fraction of sp³-hybridized carbons (Fsp3) is 0.818. The second-order valence-electron chi connectivity index (χ2n) is 4.93. The molecular formula is C11H17ClF3N3O2. The van der Waals surface area contributed by atoms with Crippen molar-refractivity contribution in [1.29, 1.82) is 0 Å². The molecule has 5 nitrogen and oxygen atoms in total. The number of nitrogens with zero attached hydrogens (tertiary/aromatic N) is 1. The van der Waals surface area contributed by atoms with Crippen molar-refractivity contribution in [2.75, 3.05) is 26.2 Å². The summed E-state index contributed by atoms with van der Waals surface area (Å²) in [6, 6.07) is -0.816. The zero-order valence-electron chi connectivity index (χ0n) is 10.7. The molecule has 116 valence electrons. The summed E-state index contributed by atoms with van der Waals surface area (Å²) in [4.78, 5) is 24.3. The van der Waals surface area contributed by atoms with Crippen LogP contribution in [0.3, 0.4) is 0 Å². The van der Waals surface area contributed by atoms with E-state index in [1.165, 1.54) is 0 Å². The molecule has 2 fully saturated rings. The van der Waals surface area contributed by atoms with Gasteiger partial charge in [-0.05, 0) is 12.8 Å². The van der Waals surface area contributed by atoms with Crippen molar-refractivity contribution in [2.24, 2.45) is 5.92 Å². The zero-order chi connectivity index (χ0) is 14.0. The first kappa shape index (κ1) is 17.0. The van der Waals surface area contributed by atoms with Gasteiger partial charge < -0.3 is 15.5 Å². The third kappa shape index (κ3) is 4.24. The molecule has 0 aromatic heterocycles. The summed E-state index contributed by atoms with van der Waals surface area (Å²) >= 11 is 0. The molecule has 2 amide bonds. The van der Waals surface area contributed by atoms with Gasteiger partial charge in [0, 0.05) is 19.6 Å². The van der Waals surface area contributed by atoms with E-state index in [4.69, 9.17) is 0 Å². The topological polar surface area (TPSA) is 61.4 Å². The Morgan fingerprint density at radius 3 is 2.55 bits per heavy atom. The van der Waals surface area contributed by atoms with Gasteiger partial charge in [0.25, 0.3) is 0 Å². The van der Waals surface area contributed by atoms with Crippen LogP contribution in [-0.2, 0) is 9.59 Å². The van der Waals surface area contributed by atoms with E-state index in [0.29, 0.717) is 25.9 Å². The molecule has 0 spiro atoms. The molecule has 1 unspecified atom stereocenters. The average molecular weight is 316 g/mol. The number of alkyl halides is 3. The molecule has 9 heteroatoms. The van der Waals surface area contributed by atoms with Crippen molar-refractivity contribution in [3.05, 3.63) is 0 Å². The van der Waals surface area contributed by atoms with Crippen LogP contribution in [0.2, 0.25) is 0 Å². The summed E-state index contributed by atoms with van der Waals surface area (Å²) < 4.78 is 36.9. The van der Waals surface area contributed by atoms with Crippen molar-refractivity contribution >= 4 is 24.2 Å². The Balaban J connectivity index is 0.00000200. The summed E-state index contributed by atoms with van der Waals surface area (Å²) in [5, 5.41) is 5.47. The van der Waals surface area contributed by atoms with Crippen LogP contribution in [0.5, 0.6) is 0 Å². The average Bonchev–Trinajstić information content (AvgIpc) is 2.19. The molecule has 0 aromatic rings. The van der Waals surface area contributed by atoms with E-state index in [-0.39, 0.29) is 30.8 Å². The van der Waals surface area contributed by atoms with E-state index < -0.39 is 24.7 Å². The molecule has 2 N–H and O–H groups in total. The minimum absolute atomic E-state index is 0. The van der Waals surface area contributed by atoms with Crippen LogP contribution in [-0.4, -0.2) is 55.1 Å². The number of halogens is 4. The number of carbonyl (C=O) groups excluding carboxylic acids is 2. The first-order chi connectivity index (χ1) is 8.87. The Morgan fingerprint density at radius 2 is 2.05 bits per heavy atom. The SMILES string of the molecule is Cl.O=C(NC1CCCN(CC(F)(F)F)C1=O)C1CNC1. The number of nitrogens with one attached hydrogen (secondary N) is 2. The lowest BCUT2D eigenvalue weighted by Gasteiger charge is -2.34. The van der Waals surface area contributed by atoms with Gasteiger partial charge in [0.2, 0.25) is 11.8 Å². The molecule has 0 radical (unpaired) electrons. The molecule has 0 aliphatic carbocycles. The van der Waals surface area contributed by atoms with Crippen LogP contribution in [0.15, 0.2) is 0 Å². The molecule has 0 saturated carbocycles. The van der Waals surface area contributed by atoms with Crippen LogP contribution < -0.4 is 10.6 Å². The number of hydrogen-bond acceptors (Lipinski definition) is 3. The molecule has 1 atom stereocenters. The normalized spacial score (nSPS) is 23.9. The maximum atomic E-state index is 12.3. The van der Waals surface area contributed by atoms with Gasteiger partial charge in [0.05, 0.1) is 5.92 Å². The largest absolute Gasteiger partial charge is 0.406 e. The summed E-state index contributed by atoms with van der Waals surface area (Å²) in [6.45, 7) is -0.0447. The van der Waals surface area contributed by atoms with Gasteiger partial charge in [-0.25, -0.2) is 0 Å². The fourth-order valence-electron chi connectivity index (χ4n) is 2.21. The highest BCUT2D eigenvalue weighted by molar-refractivity contribution is 5.89. The maximum Gasteiger partial charge on any atom is 0.406 e. The zero-order valence-corrected chi connectivity index (χ0v) is 11.5. The smallest absolute Gasteiger partial charge is 0.344 e. The number of rotatable bonds is 3. The third-order valence-electron chi connectivity index (χ3n) is 3.37. The molecule has 20 heavy (non-hydrogen) atoms. The van der Waals surface area contributed by atoms with Gasteiger partial charge in [-0.15, -0.1) is 12.4 Å². The maximum absolute atomic E-state index is 12.3. The van der Waals surface area contributed by atoms with Crippen molar-refractivity contribution in [1.82, 2.24) is 15.5 Å². The van der Waals surface area contributed by atoms with Crippen molar-refractivity contribution < 1.29 is 22.8 Å². The molecule has 2 aliphatic rings. The minimum Gasteiger partial charge on any atom is -0.344 e. The Morgan fingerprint density at radius 1 is 1.40 bits per heavy atom. The molecule has 2 saturated heterocycles. The van der Waals surface area contributed by atoms with Crippen molar-refractivity contribution in [3.63, 3.8) is 0 Å². The van der Waals surface area contributed by atoms with Crippen LogP contribution in [0, 0.1) is 5.92 Å². The van der Waals surface area contributed by atoms with Crippen molar-refractivity contribution in [3.8, 4) is 0 Å². The molecule has 2 heterocycles. The monoisotopic (exact) mass is 315 g/mol. The lowest BCUT2D eigenvalue weighted by molar-refractivity contribution is -0.165. The van der Waals surface area contributed by atoms with E-state index in [1.54, 1.807) is 0 Å². The minimum atomic E-state index is -4.40. The van der Waals surface area contributed by atoms with Gasteiger partial charge >= 0.3 is 6.18 Å². The summed E-state index contributed by atoms with van der Waals surface area (Å²) in [5.74, 6) is -1.07. The van der Waals surface area contributed by atoms with E-state index >= 15 is 0 Å². The van der Waals surface area contributed by atoms with Crippen LogP contribution in [0.25, 0.3) is 0 Å². The van der Waals surface area contributed by atoms with Gasteiger partial charge in [-0.3, -0.25) is 9.59 Å². The predicted molar refractivity (Wildman–Crippen MR) is 67.4 cm³/mol. The van der Waals surface area contributed by atoms with E-state index in [1.807, 2.05) is 0 Å². The highest BCUT2D eigenvalue weighted by Crippen LogP contribution is 2.20. The number of likely N-dealkylation sites (tertiary alicyclic amines) is 1. The van der Waals surface area contributed by atoms with Crippen LogP contribution in [0.4, 0.5) is 13.2 Å². The standard InChI is InChI=1S/C11H16F3N3O2.ClH/c12-11(13,14)6-17-3-1-2-8(10(17)19)16-9(18)7-4-15-5-7;/h7-8,15H,1-6H2,(H,16,18);1H. The Hall–Kier alpha value is -1.02. The lowest BCUT2D eigenvalue weighted by Crippen LogP contribution is -2.58. The van der Waals surface area contributed by atoms with Gasteiger partial charge in [-0.1, -0.05) is 0 Å². The van der Waals surface area contributed by atoms with Gasteiger partial charge in [-0.2, -0.15) is 13.2 Å². The Bertz CT molecular complexity index is 374. The molecule has 2 aliphatic heterocycles. The summed E-state index contributed by atoms with van der Waals surface area (Å²) in [6.07, 6.45) is -3.53. The quantitative estimate of drug-likeness (QED) is 0.787. The van der Waals surface area contributed by atoms with E-state index in [2.05, 4.69) is 10.6 Å². The first-order valence-electron chi connectivity index (χ1n) is 6.23. The van der Waals surface area contributed by atoms with E-state index in [0.717, 1.165) is 4.90 Å². The molecule has 2 rings (SSSR count). The number of amides is 2. The molecule has 0 aromatic carbocycles. The summed E-state index contributed by atoms with van der Waals surface area (Å²) in [5.41, 5.74) is 0. The molecule has 0 bridgehead atoms. The number of hydrogen-bond donors (Lipinski definition) is 2. The van der Waals surface area contributed by atoms with Crippen LogP contribution in [0.1, 0.15) is 12.8 Å². The Kier molecular flexibility index (Phi) is 5.64. The second kappa shape index (κ2) is 6.62. The number of carbonyl (C=O) groups is 2. The highest BCUT2D eigenvalue weighted by Gasteiger charge is 2.38.